The number of carbonyl (C=O) groups is 1. The van der Waals surface area contributed by atoms with Crippen LogP contribution in [0.2, 0.25) is 0 Å². The number of halogens is 1. The van der Waals surface area contributed by atoms with Crippen LogP contribution < -0.4 is 5.56 Å². The third-order valence-corrected chi connectivity index (χ3v) is 6.85. The second-order valence-corrected chi connectivity index (χ2v) is 9.10. The second kappa shape index (κ2) is 10.8. The lowest BCUT2D eigenvalue weighted by Crippen LogP contribution is -2.35. The Morgan fingerprint density at radius 1 is 1.14 bits per heavy atom. The van der Waals surface area contributed by atoms with Gasteiger partial charge < -0.3 is 10.0 Å². The molecule has 35 heavy (non-hydrogen) atoms. The fourth-order valence-electron chi connectivity index (χ4n) is 5.00. The first kappa shape index (κ1) is 24.6. The lowest BCUT2D eigenvalue weighted by atomic mass is 9.98. The van der Waals surface area contributed by atoms with E-state index >= 15 is 0 Å². The molecule has 0 spiro atoms. The number of aryl methyl sites for hydroxylation is 1. The summed E-state index contributed by atoms with van der Waals surface area (Å²) in [5.41, 5.74) is 0.501. The number of aromatic nitrogens is 2. The van der Waals surface area contributed by atoms with Gasteiger partial charge in [0.05, 0.1) is 6.04 Å². The number of nitrogens with zero attached hydrogens (tertiary/aromatic N) is 3. The summed E-state index contributed by atoms with van der Waals surface area (Å²) in [6, 6.07) is 16.0. The van der Waals surface area contributed by atoms with Crippen LogP contribution in [0.3, 0.4) is 0 Å². The topological polar surface area (TPSA) is 75.4 Å². The van der Waals surface area contributed by atoms with Gasteiger partial charge >= 0.3 is 0 Å². The summed E-state index contributed by atoms with van der Waals surface area (Å²) in [7, 11) is 0. The Labute approximate surface area is 205 Å². The number of benzene rings is 2. The van der Waals surface area contributed by atoms with Gasteiger partial charge in [-0.05, 0) is 36.5 Å². The average Bonchev–Trinajstić information content (AvgIpc) is 3.35. The molecular weight excluding hydrogens is 445 g/mol. The molecule has 1 fully saturated rings. The van der Waals surface area contributed by atoms with Crippen molar-refractivity contribution in [2.75, 3.05) is 13.1 Å². The van der Waals surface area contributed by atoms with Crippen LogP contribution in [0.15, 0.2) is 59.4 Å². The molecule has 3 aromatic rings. The monoisotopic (exact) mass is 477 g/mol. The third kappa shape index (κ3) is 4.99. The van der Waals surface area contributed by atoms with Crippen LogP contribution >= 0.6 is 0 Å². The predicted molar refractivity (Wildman–Crippen MR) is 133 cm³/mol. The van der Waals surface area contributed by atoms with Gasteiger partial charge in [0, 0.05) is 25.4 Å². The molecule has 0 saturated carbocycles. The van der Waals surface area contributed by atoms with E-state index < -0.39 is 11.5 Å². The summed E-state index contributed by atoms with van der Waals surface area (Å²) in [4.78, 5) is 32.3. The van der Waals surface area contributed by atoms with Gasteiger partial charge in [-0.3, -0.25) is 14.2 Å². The normalized spacial score (nSPS) is 16.4. The highest BCUT2D eigenvalue weighted by molar-refractivity contribution is 5.96. The van der Waals surface area contributed by atoms with Gasteiger partial charge in [0.1, 0.15) is 11.6 Å². The summed E-state index contributed by atoms with van der Waals surface area (Å²) in [6.45, 7) is 4.71. The molecule has 2 heterocycles. The number of aromatic hydroxyl groups is 1. The molecule has 1 unspecified atom stereocenters. The number of carbonyl (C=O) groups excluding carboxylic acids is 1. The molecule has 4 rings (SSSR count). The summed E-state index contributed by atoms with van der Waals surface area (Å²) in [5.74, 6) is -0.877. The van der Waals surface area contributed by atoms with Crippen LogP contribution in [0, 0.1) is 5.82 Å². The molecule has 1 N–H and O–H groups in total. The van der Waals surface area contributed by atoms with Crippen molar-refractivity contribution in [2.24, 2.45) is 0 Å². The van der Waals surface area contributed by atoms with E-state index in [4.69, 9.17) is 0 Å². The van der Waals surface area contributed by atoms with Crippen LogP contribution in [0.5, 0.6) is 5.88 Å². The Morgan fingerprint density at radius 2 is 1.86 bits per heavy atom. The van der Waals surface area contributed by atoms with Crippen molar-refractivity contribution in [1.82, 2.24) is 14.5 Å². The number of likely N-dealkylation sites (tertiary alicyclic amines) is 1. The fraction of sp³-hybridized carbons (Fsp3) is 0.393. The maximum atomic E-state index is 14.3. The van der Waals surface area contributed by atoms with Crippen molar-refractivity contribution in [3.63, 3.8) is 0 Å². The summed E-state index contributed by atoms with van der Waals surface area (Å²) in [5, 5.41) is 11.4. The molecule has 1 aliphatic heterocycles. The average molecular weight is 478 g/mol. The number of rotatable bonds is 8. The van der Waals surface area contributed by atoms with Crippen LogP contribution in [-0.4, -0.2) is 38.6 Å². The second-order valence-electron chi connectivity index (χ2n) is 9.10. The molecular formula is C28H32FN3O3. The maximum absolute atomic E-state index is 14.3. The minimum absolute atomic E-state index is 0.158. The van der Waals surface area contributed by atoms with Gasteiger partial charge in [0.25, 0.3) is 11.5 Å². The number of hydrogen-bond donors (Lipinski definition) is 1. The quantitative estimate of drug-likeness (QED) is 0.492. The first-order valence-corrected chi connectivity index (χ1v) is 12.4. The van der Waals surface area contributed by atoms with Gasteiger partial charge in [-0.2, -0.15) is 4.98 Å². The molecule has 0 aliphatic carbocycles. The molecule has 1 aromatic heterocycles. The van der Waals surface area contributed by atoms with E-state index in [1.165, 1.54) is 11.0 Å². The van der Waals surface area contributed by atoms with Crippen molar-refractivity contribution in [1.29, 1.82) is 0 Å². The minimum Gasteiger partial charge on any atom is -0.494 e. The summed E-state index contributed by atoms with van der Waals surface area (Å²) in [6.07, 6.45) is 3.47. The largest absolute Gasteiger partial charge is 0.494 e. The van der Waals surface area contributed by atoms with Gasteiger partial charge in [-0.25, -0.2) is 4.39 Å². The van der Waals surface area contributed by atoms with Crippen LogP contribution in [0.1, 0.15) is 78.8 Å². The van der Waals surface area contributed by atoms with Crippen LogP contribution in [-0.2, 0) is 6.42 Å². The lowest BCUT2D eigenvalue weighted by Gasteiger charge is -2.26. The number of hydrogen-bond acceptors (Lipinski definition) is 4. The van der Waals surface area contributed by atoms with Crippen molar-refractivity contribution in [2.45, 2.75) is 57.9 Å². The minimum atomic E-state index is -0.716. The highest BCUT2D eigenvalue weighted by atomic mass is 19.1. The molecule has 1 aliphatic rings. The molecule has 2 atom stereocenters. The first-order valence-electron chi connectivity index (χ1n) is 12.4. The van der Waals surface area contributed by atoms with E-state index in [1.54, 1.807) is 22.8 Å². The zero-order valence-corrected chi connectivity index (χ0v) is 20.3. The van der Waals surface area contributed by atoms with E-state index in [-0.39, 0.29) is 35.8 Å². The number of unbranched alkanes of at least 4 members (excludes halogenated alkanes) is 1. The molecule has 0 bridgehead atoms. The van der Waals surface area contributed by atoms with Crippen LogP contribution in [0.25, 0.3) is 0 Å². The summed E-state index contributed by atoms with van der Waals surface area (Å²) >= 11 is 0. The fourth-order valence-corrected chi connectivity index (χ4v) is 5.00. The van der Waals surface area contributed by atoms with Crippen molar-refractivity contribution < 1.29 is 14.3 Å². The highest BCUT2D eigenvalue weighted by Crippen LogP contribution is 2.33. The zero-order valence-electron chi connectivity index (χ0n) is 20.3. The van der Waals surface area contributed by atoms with Gasteiger partial charge in [-0.15, -0.1) is 0 Å². The van der Waals surface area contributed by atoms with Gasteiger partial charge in [0.15, 0.2) is 5.56 Å². The molecule has 1 amide bonds. The Kier molecular flexibility index (Phi) is 7.63. The smallest absolute Gasteiger partial charge is 0.289 e. The molecule has 1 saturated heterocycles. The SMILES string of the molecule is CCCCc1nc(=O)c(C(=O)N2CCC(c3ccccc3F)C2)c(O)n1[C@@H](CC)c1ccccc1. The van der Waals surface area contributed by atoms with Crippen molar-refractivity contribution >= 4 is 5.91 Å². The van der Waals surface area contributed by atoms with E-state index in [0.717, 1.165) is 18.4 Å². The van der Waals surface area contributed by atoms with Gasteiger partial charge in [0.2, 0.25) is 5.88 Å². The van der Waals surface area contributed by atoms with E-state index in [9.17, 15) is 19.1 Å². The summed E-state index contributed by atoms with van der Waals surface area (Å²) < 4.78 is 16.0. The standard InChI is InChI=1S/C28H32FN3O3/c1-3-5-15-24-30-26(33)25(28(35)32(24)23(4-2)19-11-7-6-8-12-19)27(34)31-17-16-20(18-31)21-13-9-10-14-22(21)29/h6-14,20,23,35H,3-5,15-18H2,1-2H3/t20?,23-/m0/s1. The Balaban J connectivity index is 1.72. The van der Waals surface area contributed by atoms with E-state index in [2.05, 4.69) is 4.98 Å². The molecule has 0 radical (unpaired) electrons. The third-order valence-electron chi connectivity index (χ3n) is 6.85. The van der Waals surface area contributed by atoms with Crippen LogP contribution in [0.4, 0.5) is 4.39 Å². The highest BCUT2D eigenvalue weighted by Gasteiger charge is 2.34. The van der Waals surface area contributed by atoms with Crippen molar-refractivity contribution in [3.05, 3.63) is 93.3 Å². The Hall–Kier alpha value is -3.48. The lowest BCUT2D eigenvalue weighted by molar-refractivity contribution is 0.0783. The Morgan fingerprint density at radius 3 is 2.54 bits per heavy atom. The molecule has 7 heteroatoms. The zero-order chi connectivity index (χ0) is 24.9. The van der Waals surface area contributed by atoms with Crippen molar-refractivity contribution in [3.8, 4) is 5.88 Å². The molecule has 184 valence electrons. The predicted octanol–water partition coefficient (Wildman–Crippen LogP) is 5.06. The van der Waals surface area contributed by atoms with E-state index in [1.807, 2.05) is 44.2 Å². The molecule has 2 aromatic carbocycles. The molecule has 6 nitrogen and oxygen atoms in total. The Bertz CT molecular complexity index is 1240. The van der Waals surface area contributed by atoms with E-state index in [0.29, 0.717) is 37.2 Å². The first-order chi connectivity index (χ1) is 17.0. The number of amides is 1. The van der Waals surface area contributed by atoms with Gasteiger partial charge in [-0.1, -0.05) is 68.8 Å². The maximum Gasteiger partial charge on any atom is 0.289 e.